The van der Waals surface area contributed by atoms with Crippen molar-refractivity contribution in [3.05, 3.63) is 54.6 Å². The first-order chi connectivity index (χ1) is 11.3. The van der Waals surface area contributed by atoms with Crippen LogP contribution in [-0.4, -0.2) is 26.0 Å². The van der Waals surface area contributed by atoms with Crippen LogP contribution in [0.3, 0.4) is 0 Å². The first-order valence-electron chi connectivity index (χ1n) is 6.76. The molecule has 0 fully saturated rings. The number of carbonyl (C=O) groups excluding carboxylic acids is 1. The van der Waals surface area contributed by atoms with Crippen LogP contribution in [0.4, 0.5) is 5.69 Å². The molecule has 0 bridgehead atoms. The standard InChI is InChI=1S/C15H15N3O4S2/c16-24(20,21)13-8-6-11(7-9-13)17-15(23)18-14(19)10-22-12-4-2-1-3-5-12/h1-9H,10H2,(H2,16,20,21)(H2,17,18,19,23). The number of benzene rings is 2. The molecule has 4 N–H and O–H groups in total. The van der Waals surface area contributed by atoms with E-state index in [1.165, 1.54) is 24.3 Å². The van der Waals surface area contributed by atoms with E-state index in [-0.39, 0.29) is 16.6 Å². The Morgan fingerprint density at radius 3 is 2.29 bits per heavy atom. The van der Waals surface area contributed by atoms with Crippen LogP contribution in [-0.2, 0) is 14.8 Å². The van der Waals surface area contributed by atoms with Gasteiger partial charge in [-0.2, -0.15) is 0 Å². The SMILES string of the molecule is NS(=O)(=O)c1ccc(NC(=S)NC(=O)COc2ccccc2)cc1. The summed E-state index contributed by atoms with van der Waals surface area (Å²) in [6.45, 7) is -0.184. The number of amides is 1. The van der Waals surface area contributed by atoms with Gasteiger partial charge in [-0.05, 0) is 48.6 Å². The third kappa shape index (κ3) is 5.61. The van der Waals surface area contributed by atoms with Gasteiger partial charge in [0, 0.05) is 5.69 Å². The van der Waals surface area contributed by atoms with Crippen LogP contribution < -0.4 is 20.5 Å². The third-order valence-electron chi connectivity index (χ3n) is 2.81. The highest BCUT2D eigenvalue weighted by Crippen LogP contribution is 2.12. The maximum atomic E-state index is 11.7. The van der Waals surface area contributed by atoms with E-state index < -0.39 is 15.9 Å². The summed E-state index contributed by atoms with van der Waals surface area (Å²) in [5.41, 5.74) is 0.511. The van der Waals surface area contributed by atoms with E-state index in [9.17, 15) is 13.2 Å². The molecule has 0 aliphatic heterocycles. The van der Waals surface area contributed by atoms with Gasteiger partial charge in [0.15, 0.2) is 11.7 Å². The van der Waals surface area contributed by atoms with E-state index in [0.717, 1.165) is 0 Å². The molecular weight excluding hydrogens is 350 g/mol. The molecule has 0 heterocycles. The summed E-state index contributed by atoms with van der Waals surface area (Å²) < 4.78 is 27.6. The van der Waals surface area contributed by atoms with E-state index in [0.29, 0.717) is 11.4 Å². The van der Waals surface area contributed by atoms with Crippen molar-refractivity contribution in [2.24, 2.45) is 5.14 Å². The summed E-state index contributed by atoms with van der Waals surface area (Å²) in [6, 6.07) is 14.5. The molecule has 9 heteroatoms. The fourth-order valence-corrected chi connectivity index (χ4v) is 2.47. The van der Waals surface area contributed by atoms with Gasteiger partial charge in [-0.3, -0.25) is 10.1 Å². The summed E-state index contributed by atoms with van der Waals surface area (Å²) >= 11 is 5.01. The first kappa shape index (κ1) is 17.9. The van der Waals surface area contributed by atoms with Crippen molar-refractivity contribution in [2.75, 3.05) is 11.9 Å². The van der Waals surface area contributed by atoms with Gasteiger partial charge in [-0.15, -0.1) is 0 Å². The summed E-state index contributed by atoms with van der Waals surface area (Å²) in [4.78, 5) is 11.7. The van der Waals surface area contributed by atoms with Gasteiger partial charge in [0.25, 0.3) is 5.91 Å². The summed E-state index contributed by atoms with van der Waals surface area (Å²) in [6.07, 6.45) is 0. The molecule has 0 saturated heterocycles. The molecule has 2 aromatic rings. The number of hydrogen-bond donors (Lipinski definition) is 3. The fourth-order valence-electron chi connectivity index (χ4n) is 1.72. The maximum Gasteiger partial charge on any atom is 0.264 e. The van der Waals surface area contributed by atoms with E-state index in [2.05, 4.69) is 10.6 Å². The number of nitrogens with two attached hydrogens (primary N) is 1. The Morgan fingerprint density at radius 1 is 1.08 bits per heavy atom. The molecule has 0 unspecified atom stereocenters. The molecule has 0 aromatic heterocycles. The van der Waals surface area contributed by atoms with Crippen LogP contribution in [0.1, 0.15) is 0 Å². The van der Waals surface area contributed by atoms with Gasteiger partial charge >= 0.3 is 0 Å². The van der Waals surface area contributed by atoms with Gasteiger partial charge in [0.1, 0.15) is 5.75 Å². The number of rotatable bonds is 5. The Balaban J connectivity index is 1.83. The number of nitrogens with one attached hydrogen (secondary N) is 2. The fraction of sp³-hybridized carbons (Fsp3) is 0.0667. The van der Waals surface area contributed by atoms with Crippen LogP contribution in [0.2, 0.25) is 0 Å². The average molecular weight is 365 g/mol. The lowest BCUT2D eigenvalue weighted by Crippen LogP contribution is -2.37. The Kier molecular flexibility index (Phi) is 5.85. The van der Waals surface area contributed by atoms with Gasteiger partial charge in [-0.1, -0.05) is 18.2 Å². The molecule has 126 valence electrons. The van der Waals surface area contributed by atoms with Gasteiger partial charge < -0.3 is 10.1 Å². The average Bonchev–Trinajstić information content (AvgIpc) is 2.53. The predicted octanol–water partition coefficient (Wildman–Crippen LogP) is 1.23. The van der Waals surface area contributed by atoms with Crippen LogP contribution in [0.5, 0.6) is 5.75 Å². The lowest BCUT2D eigenvalue weighted by molar-refractivity contribution is -0.121. The minimum Gasteiger partial charge on any atom is -0.484 e. The lowest BCUT2D eigenvalue weighted by atomic mass is 10.3. The second-order valence-corrected chi connectivity index (χ2v) is 6.64. The van der Waals surface area contributed by atoms with Crippen LogP contribution in [0, 0.1) is 0 Å². The molecule has 0 spiro atoms. The van der Waals surface area contributed by atoms with Crippen molar-refractivity contribution in [1.82, 2.24) is 5.32 Å². The molecule has 24 heavy (non-hydrogen) atoms. The lowest BCUT2D eigenvalue weighted by Gasteiger charge is -2.10. The Morgan fingerprint density at radius 2 is 1.71 bits per heavy atom. The molecule has 0 aliphatic carbocycles. The summed E-state index contributed by atoms with van der Waals surface area (Å²) in [5.74, 6) is 0.155. The Labute approximate surface area is 144 Å². The van der Waals surface area contributed by atoms with Crippen molar-refractivity contribution in [2.45, 2.75) is 4.90 Å². The molecule has 1 amide bonds. The van der Waals surface area contributed by atoms with Crippen molar-refractivity contribution in [1.29, 1.82) is 0 Å². The summed E-state index contributed by atoms with van der Waals surface area (Å²) in [5, 5.41) is 10.3. The smallest absolute Gasteiger partial charge is 0.264 e. The van der Waals surface area contributed by atoms with Gasteiger partial charge in [-0.25, -0.2) is 13.6 Å². The predicted molar refractivity (Wildman–Crippen MR) is 94.1 cm³/mol. The zero-order valence-electron chi connectivity index (χ0n) is 12.4. The highest BCUT2D eigenvalue weighted by Gasteiger charge is 2.09. The molecule has 0 saturated carbocycles. The monoisotopic (exact) mass is 365 g/mol. The number of para-hydroxylation sites is 1. The van der Waals surface area contributed by atoms with E-state index in [1.807, 2.05) is 6.07 Å². The number of sulfonamides is 1. The number of thiocarbonyl (C=S) groups is 1. The second-order valence-electron chi connectivity index (χ2n) is 4.67. The number of ether oxygens (including phenoxy) is 1. The van der Waals surface area contributed by atoms with Gasteiger partial charge in [0.05, 0.1) is 4.90 Å². The Hall–Kier alpha value is -2.49. The minimum atomic E-state index is -3.75. The van der Waals surface area contributed by atoms with E-state index in [4.69, 9.17) is 22.1 Å². The quantitative estimate of drug-likeness (QED) is 0.687. The van der Waals surface area contributed by atoms with Crippen molar-refractivity contribution < 1.29 is 17.9 Å². The van der Waals surface area contributed by atoms with Crippen molar-refractivity contribution in [3.8, 4) is 5.75 Å². The van der Waals surface area contributed by atoms with E-state index in [1.54, 1.807) is 24.3 Å². The summed E-state index contributed by atoms with van der Waals surface area (Å²) in [7, 11) is -3.75. The molecule has 2 aromatic carbocycles. The van der Waals surface area contributed by atoms with Crippen LogP contribution in [0.15, 0.2) is 59.5 Å². The van der Waals surface area contributed by atoms with E-state index >= 15 is 0 Å². The third-order valence-corrected chi connectivity index (χ3v) is 3.94. The molecule has 7 nitrogen and oxygen atoms in total. The van der Waals surface area contributed by atoms with Crippen LogP contribution in [0.25, 0.3) is 0 Å². The topological polar surface area (TPSA) is 111 Å². The molecule has 0 atom stereocenters. The van der Waals surface area contributed by atoms with Crippen molar-refractivity contribution >= 4 is 38.9 Å². The normalized spacial score (nSPS) is 10.7. The number of carbonyl (C=O) groups is 1. The second kappa shape index (κ2) is 7.86. The molecular formula is C15H15N3O4S2. The number of anilines is 1. The van der Waals surface area contributed by atoms with Gasteiger partial charge in [0.2, 0.25) is 10.0 Å². The highest BCUT2D eigenvalue weighted by molar-refractivity contribution is 7.89. The molecule has 2 rings (SSSR count). The van der Waals surface area contributed by atoms with Crippen molar-refractivity contribution in [3.63, 3.8) is 0 Å². The first-order valence-corrected chi connectivity index (χ1v) is 8.71. The Bertz CT molecular complexity index is 822. The number of primary sulfonamides is 1. The maximum absolute atomic E-state index is 11.7. The highest BCUT2D eigenvalue weighted by atomic mass is 32.2. The zero-order chi connectivity index (χ0) is 17.6. The zero-order valence-corrected chi connectivity index (χ0v) is 14.1. The number of hydrogen-bond acceptors (Lipinski definition) is 5. The van der Waals surface area contributed by atoms with Crippen LogP contribution >= 0.6 is 12.2 Å². The largest absolute Gasteiger partial charge is 0.484 e. The molecule has 0 radical (unpaired) electrons. The molecule has 0 aliphatic rings. The minimum absolute atomic E-state index is 0.0146.